The van der Waals surface area contributed by atoms with Crippen molar-refractivity contribution in [3.05, 3.63) is 100 Å². The van der Waals surface area contributed by atoms with E-state index in [1.807, 2.05) is 83.8 Å². The summed E-state index contributed by atoms with van der Waals surface area (Å²) >= 11 is 3.47. The third-order valence-corrected chi connectivity index (χ3v) is 6.57. The highest BCUT2D eigenvalue weighted by molar-refractivity contribution is 9.10. The van der Waals surface area contributed by atoms with Crippen LogP contribution in [0, 0.1) is 0 Å². The van der Waals surface area contributed by atoms with Crippen molar-refractivity contribution >= 4 is 27.7 Å². The molecule has 1 fully saturated rings. The molecule has 1 aliphatic rings. The molecular formula is C28H29BrN2O3. The van der Waals surface area contributed by atoms with Crippen LogP contribution in [0.15, 0.2) is 83.3 Å². The summed E-state index contributed by atoms with van der Waals surface area (Å²) in [6.45, 7) is 0.422. The van der Waals surface area contributed by atoms with Gasteiger partial charge in [-0.1, -0.05) is 70.5 Å². The van der Waals surface area contributed by atoms with Crippen LogP contribution in [-0.2, 0) is 22.6 Å². The lowest BCUT2D eigenvalue weighted by atomic mass is 10.0. The lowest BCUT2D eigenvalue weighted by Gasteiger charge is -2.32. The Morgan fingerprint density at radius 2 is 1.65 bits per heavy atom. The van der Waals surface area contributed by atoms with Gasteiger partial charge in [-0.2, -0.15) is 0 Å². The second-order valence-corrected chi connectivity index (χ2v) is 9.45. The van der Waals surface area contributed by atoms with Crippen molar-refractivity contribution in [3.63, 3.8) is 0 Å². The van der Waals surface area contributed by atoms with Crippen LogP contribution in [-0.4, -0.2) is 29.9 Å². The zero-order valence-electron chi connectivity index (χ0n) is 19.2. The number of aryl methyl sites for hydroxylation is 1. The molecule has 2 amide bonds. The van der Waals surface area contributed by atoms with Crippen LogP contribution in [0.2, 0.25) is 0 Å². The predicted molar refractivity (Wildman–Crippen MR) is 136 cm³/mol. The van der Waals surface area contributed by atoms with E-state index < -0.39 is 6.04 Å². The maximum atomic E-state index is 13.5. The molecule has 3 aromatic rings. The molecule has 0 saturated heterocycles. The SMILES string of the molecule is COc1ccc(CCC(=O)N(C2CC2)[C@@H](C(=O)NCc2ccccc2)c2ccc(Br)cc2)cc1. The molecule has 3 aromatic carbocycles. The second kappa shape index (κ2) is 11.3. The third-order valence-electron chi connectivity index (χ3n) is 6.04. The average Bonchev–Trinajstić information content (AvgIpc) is 3.71. The van der Waals surface area contributed by atoms with E-state index in [9.17, 15) is 9.59 Å². The summed E-state index contributed by atoms with van der Waals surface area (Å²) in [6, 6.07) is 24.7. The van der Waals surface area contributed by atoms with Gasteiger partial charge in [0.25, 0.3) is 0 Å². The number of hydrogen-bond acceptors (Lipinski definition) is 3. The summed E-state index contributed by atoms with van der Waals surface area (Å²) in [7, 11) is 1.64. The number of hydrogen-bond donors (Lipinski definition) is 1. The number of nitrogens with zero attached hydrogens (tertiary/aromatic N) is 1. The molecule has 4 rings (SSSR count). The van der Waals surface area contributed by atoms with Crippen molar-refractivity contribution in [3.8, 4) is 5.75 Å². The van der Waals surface area contributed by atoms with Crippen LogP contribution in [0.1, 0.15) is 42.0 Å². The number of rotatable bonds is 10. The Kier molecular flexibility index (Phi) is 8.01. The highest BCUT2D eigenvalue weighted by Crippen LogP contribution is 2.36. The molecular weight excluding hydrogens is 492 g/mol. The highest BCUT2D eigenvalue weighted by atomic mass is 79.9. The Hall–Kier alpha value is -3.12. The van der Waals surface area contributed by atoms with Crippen LogP contribution >= 0.6 is 15.9 Å². The summed E-state index contributed by atoms with van der Waals surface area (Å²) < 4.78 is 6.15. The Balaban J connectivity index is 1.53. The Morgan fingerprint density at radius 1 is 0.971 bits per heavy atom. The smallest absolute Gasteiger partial charge is 0.247 e. The molecule has 0 heterocycles. The van der Waals surface area contributed by atoms with Gasteiger partial charge in [0.1, 0.15) is 11.8 Å². The average molecular weight is 521 g/mol. The minimum absolute atomic E-state index is 0.00102. The number of nitrogens with one attached hydrogen (secondary N) is 1. The van der Waals surface area contributed by atoms with Crippen molar-refractivity contribution in [1.29, 1.82) is 0 Å². The van der Waals surface area contributed by atoms with Crippen LogP contribution in [0.3, 0.4) is 0 Å². The highest BCUT2D eigenvalue weighted by Gasteiger charge is 2.40. The minimum Gasteiger partial charge on any atom is -0.497 e. The first-order chi connectivity index (χ1) is 16.5. The molecule has 0 aromatic heterocycles. The van der Waals surface area contributed by atoms with Crippen LogP contribution in [0.4, 0.5) is 0 Å². The molecule has 1 N–H and O–H groups in total. The molecule has 5 nitrogen and oxygen atoms in total. The first kappa shape index (κ1) is 24.0. The maximum Gasteiger partial charge on any atom is 0.247 e. The molecule has 176 valence electrons. The van der Waals surface area contributed by atoms with Gasteiger partial charge in [0.2, 0.25) is 11.8 Å². The van der Waals surface area contributed by atoms with E-state index in [0.717, 1.165) is 39.8 Å². The second-order valence-electron chi connectivity index (χ2n) is 8.54. The summed E-state index contributed by atoms with van der Waals surface area (Å²) in [4.78, 5) is 28.8. The lowest BCUT2D eigenvalue weighted by Crippen LogP contribution is -2.45. The number of carbonyl (C=O) groups is 2. The van der Waals surface area contributed by atoms with E-state index >= 15 is 0 Å². The van der Waals surface area contributed by atoms with Crippen molar-refractivity contribution < 1.29 is 14.3 Å². The fourth-order valence-corrected chi connectivity index (χ4v) is 4.31. The first-order valence-corrected chi connectivity index (χ1v) is 12.4. The van der Waals surface area contributed by atoms with Gasteiger partial charge in [-0.25, -0.2) is 0 Å². The molecule has 0 unspecified atom stereocenters. The number of ether oxygens (including phenoxy) is 1. The standard InChI is InChI=1S/C28H29BrN2O3/c1-34-25-16-7-20(8-17-25)9-18-26(32)31(24-14-15-24)27(22-10-12-23(29)13-11-22)28(33)30-19-21-5-3-2-4-6-21/h2-8,10-13,16-17,24,27H,9,14-15,18-19H2,1H3,(H,30,33)/t27-/m1/s1. The molecule has 0 bridgehead atoms. The number of methoxy groups -OCH3 is 1. The van der Waals surface area contributed by atoms with Crippen LogP contribution in [0.5, 0.6) is 5.75 Å². The van der Waals surface area contributed by atoms with E-state index in [0.29, 0.717) is 19.4 Å². The predicted octanol–water partition coefficient (Wildman–Crippen LogP) is 5.44. The first-order valence-electron chi connectivity index (χ1n) is 11.6. The van der Waals surface area contributed by atoms with Gasteiger partial charge in [-0.15, -0.1) is 0 Å². The lowest BCUT2D eigenvalue weighted by molar-refractivity contribution is -0.141. The van der Waals surface area contributed by atoms with E-state index in [1.165, 1.54) is 0 Å². The van der Waals surface area contributed by atoms with Crippen LogP contribution in [0.25, 0.3) is 0 Å². The molecule has 6 heteroatoms. The van der Waals surface area contributed by atoms with E-state index in [1.54, 1.807) is 7.11 Å². The zero-order valence-corrected chi connectivity index (χ0v) is 20.8. The van der Waals surface area contributed by atoms with E-state index in [4.69, 9.17) is 4.74 Å². The van der Waals surface area contributed by atoms with Gasteiger partial charge >= 0.3 is 0 Å². The zero-order chi connectivity index (χ0) is 23.9. The summed E-state index contributed by atoms with van der Waals surface area (Å²) in [5.41, 5.74) is 2.91. The molecule has 0 spiro atoms. The number of halogens is 1. The Bertz CT molecular complexity index is 1100. The molecule has 0 radical (unpaired) electrons. The number of amides is 2. The molecule has 34 heavy (non-hydrogen) atoms. The van der Waals surface area contributed by atoms with Crippen molar-refractivity contribution in [2.45, 2.75) is 44.3 Å². The quantitative estimate of drug-likeness (QED) is 0.387. The van der Waals surface area contributed by atoms with E-state index in [-0.39, 0.29) is 17.9 Å². The number of benzene rings is 3. The largest absolute Gasteiger partial charge is 0.497 e. The fraction of sp³-hybridized carbons (Fsp3) is 0.286. The molecule has 1 atom stereocenters. The maximum absolute atomic E-state index is 13.5. The van der Waals surface area contributed by atoms with Gasteiger partial charge < -0.3 is 15.0 Å². The van der Waals surface area contributed by atoms with Gasteiger partial charge in [0.05, 0.1) is 7.11 Å². The van der Waals surface area contributed by atoms with Crippen molar-refractivity contribution in [1.82, 2.24) is 10.2 Å². The summed E-state index contributed by atoms with van der Waals surface area (Å²) in [5.74, 6) is 0.636. The van der Waals surface area contributed by atoms with Crippen molar-refractivity contribution in [2.75, 3.05) is 7.11 Å². The molecule has 1 saturated carbocycles. The van der Waals surface area contributed by atoms with Gasteiger partial charge in [0, 0.05) is 23.5 Å². The van der Waals surface area contributed by atoms with Gasteiger partial charge in [0.15, 0.2) is 0 Å². The topological polar surface area (TPSA) is 58.6 Å². The Morgan fingerprint density at radius 3 is 2.26 bits per heavy atom. The van der Waals surface area contributed by atoms with E-state index in [2.05, 4.69) is 21.2 Å². The molecule has 0 aliphatic heterocycles. The normalized spacial score (nSPS) is 13.7. The minimum atomic E-state index is -0.660. The summed E-state index contributed by atoms with van der Waals surface area (Å²) in [5, 5.41) is 3.06. The fourth-order valence-electron chi connectivity index (χ4n) is 4.05. The monoisotopic (exact) mass is 520 g/mol. The third kappa shape index (κ3) is 6.26. The number of carbonyl (C=O) groups excluding carboxylic acids is 2. The van der Waals surface area contributed by atoms with Gasteiger partial charge in [-0.05, 0) is 60.2 Å². The molecule has 1 aliphatic carbocycles. The Labute approximate surface area is 209 Å². The van der Waals surface area contributed by atoms with Crippen molar-refractivity contribution in [2.24, 2.45) is 0 Å². The van der Waals surface area contributed by atoms with Crippen LogP contribution < -0.4 is 10.1 Å². The van der Waals surface area contributed by atoms with Gasteiger partial charge in [-0.3, -0.25) is 9.59 Å². The summed E-state index contributed by atoms with van der Waals surface area (Å²) in [6.07, 6.45) is 2.81.